The lowest BCUT2D eigenvalue weighted by Crippen LogP contribution is -1.88. The number of fused-ring (bicyclic) bond motifs is 3. The molecule has 0 saturated heterocycles. The van der Waals surface area contributed by atoms with E-state index in [2.05, 4.69) is 15.9 Å². The van der Waals surface area contributed by atoms with E-state index in [0.717, 1.165) is 20.2 Å². The standard InChI is InChI=1S/C12H5BrN2O4S/c13-9-4-8-7-2-1-6(14(16)17)3-11(7)20-12(8)5-10(9)15(18)19/h1-5H. The molecule has 2 aromatic carbocycles. The molecule has 0 fully saturated rings. The Morgan fingerprint density at radius 3 is 2.30 bits per heavy atom. The molecule has 0 N–H and O–H groups in total. The van der Waals surface area contributed by atoms with Crippen molar-refractivity contribution in [2.75, 3.05) is 0 Å². The Kier molecular flexibility index (Phi) is 2.91. The minimum Gasteiger partial charge on any atom is -0.258 e. The van der Waals surface area contributed by atoms with Crippen molar-refractivity contribution in [1.82, 2.24) is 0 Å². The summed E-state index contributed by atoms with van der Waals surface area (Å²) in [5.74, 6) is 0. The van der Waals surface area contributed by atoms with Crippen LogP contribution >= 0.6 is 27.3 Å². The van der Waals surface area contributed by atoms with Crippen LogP contribution in [0.2, 0.25) is 0 Å². The summed E-state index contributed by atoms with van der Waals surface area (Å²) in [6.45, 7) is 0. The van der Waals surface area contributed by atoms with E-state index in [9.17, 15) is 20.2 Å². The van der Waals surface area contributed by atoms with Crippen molar-refractivity contribution in [3.05, 3.63) is 55.0 Å². The quantitative estimate of drug-likeness (QED) is 0.496. The summed E-state index contributed by atoms with van der Waals surface area (Å²) in [7, 11) is 0. The molecule has 0 aliphatic heterocycles. The van der Waals surface area contributed by atoms with Crippen LogP contribution in [0.5, 0.6) is 0 Å². The number of nitro benzene ring substituents is 2. The highest BCUT2D eigenvalue weighted by Crippen LogP contribution is 2.40. The van der Waals surface area contributed by atoms with Crippen molar-refractivity contribution < 1.29 is 9.85 Å². The highest BCUT2D eigenvalue weighted by atomic mass is 79.9. The van der Waals surface area contributed by atoms with Crippen LogP contribution < -0.4 is 0 Å². The van der Waals surface area contributed by atoms with Crippen molar-refractivity contribution in [2.45, 2.75) is 0 Å². The van der Waals surface area contributed by atoms with Crippen molar-refractivity contribution in [3.8, 4) is 0 Å². The predicted molar refractivity (Wildman–Crippen MR) is 80.3 cm³/mol. The second kappa shape index (κ2) is 4.50. The van der Waals surface area contributed by atoms with Gasteiger partial charge in [-0.3, -0.25) is 20.2 Å². The Morgan fingerprint density at radius 1 is 0.950 bits per heavy atom. The maximum absolute atomic E-state index is 10.9. The van der Waals surface area contributed by atoms with Crippen LogP contribution in [-0.4, -0.2) is 9.85 Å². The molecule has 3 rings (SSSR count). The van der Waals surface area contributed by atoms with E-state index in [1.807, 2.05) is 0 Å². The predicted octanol–water partition coefficient (Wildman–Crippen LogP) is 4.63. The van der Waals surface area contributed by atoms with Crippen molar-refractivity contribution in [2.24, 2.45) is 0 Å². The number of nitro groups is 2. The second-order valence-corrected chi connectivity index (χ2v) is 6.03. The minimum absolute atomic E-state index is 0.0117. The van der Waals surface area contributed by atoms with E-state index >= 15 is 0 Å². The normalized spacial score (nSPS) is 11.1. The number of thiophene rings is 1. The van der Waals surface area contributed by atoms with Gasteiger partial charge in [-0.15, -0.1) is 11.3 Å². The van der Waals surface area contributed by atoms with Crippen LogP contribution in [0.4, 0.5) is 11.4 Å². The number of hydrogen-bond acceptors (Lipinski definition) is 5. The molecule has 0 atom stereocenters. The summed E-state index contributed by atoms with van der Waals surface area (Å²) in [6, 6.07) is 7.75. The lowest BCUT2D eigenvalue weighted by Gasteiger charge is -1.96. The molecular weight excluding hydrogens is 348 g/mol. The molecule has 3 aromatic rings. The molecule has 0 aliphatic carbocycles. The highest BCUT2D eigenvalue weighted by Gasteiger charge is 2.17. The van der Waals surface area contributed by atoms with Crippen LogP contribution in [0, 0.1) is 20.2 Å². The van der Waals surface area contributed by atoms with Gasteiger partial charge in [0.25, 0.3) is 11.4 Å². The van der Waals surface area contributed by atoms with Crippen LogP contribution in [0.1, 0.15) is 0 Å². The number of hydrogen-bond donors (Lipinski definition) is 0. The van der Waals surface area contributed by atoms with Gasteiger partial charge in [0.05, 0.1) is 14.3 Å². The lowest BCUT2D eigenvalue weighted by molar-refractivity contribution is -0.385. The Balaban J connectivity index is 2.35. The summed E-state index contributed by atoms with van der Waals surface area (Å²) in [4.78, 5) is 20.8. The van der Waals surface area contributed by atoms with Crippen molar-refractivity contribution in [1.29, 1.82) is 0 Å². The fourth-order valence-electron chi connectivity index (χ4n) is 2.03. The molecule has 0 radical (unpaired) electrons. The number of nitrogens with zero attached hydrogens (tertiary/aromatic N) is 2. The smallest absolute Gasteiger partial charge is 0.258 e. The zero-order chi connectivity index (χ0) is 14.4. The van der Waals surface area contributed by atoms with Gasteiger partial charge < -0.3 is 0 Å². The summed E-state index contributed by atoms with van der Waals surface area (Å²) in [5, 5.41) is 23.4. The largest absolute Gasteiger partial charge is 0.284 e. The first kappa shape index (κ1) is 12.9. The molecule has 0 spiro atoms. The Bertz CT molecular complexity index is 890. The van der Waals surface area contributed by atoms with Gasteiger partial charge in [0, 0.05) is 38.4 Å². The van der Waals surface area contributed by atoms with Crippen LogP contribution in [-0.2, 0) is 0 Å². The topological polar surface area (TPSA) is 86.3 Å². The van der Waals surface area contributed by atoms with Crippen molar-refractivity contribution >= 4 is 58.8 Å². The molecular formula is C12H5BrN2O4S. The molecule has 1 heterocycles. The third-order valence-corrected chi connectivity index (χ3v) is 4.68. The van der Waals surface area contributed by atoms with Gasteiger partial charge in [0.2, 0.25) is 0 Å². The molecule has 100 valence electrons. The first-order valence-corrected chi connectivity index (χ1v) is 7.03. The van der Waals surface area contributed by atoms with E-state index in [-0.39, 0.29) is 11.4 Å². The fraction of sp³-hybridized carbons (Fsp3) is 0. The Hall–Kier alpha value is -2.06. The van der Waals surface area contributed by atoms with Crippen LogP contribution in [0.15, 0.2) is 34.8 Å². The molecule has 0 bridgehead atoms. The van der Waals surface area contributed by atoms with E-state index in [0.29, 0.717) is 4.47 Å². The maximum Gasteiger partial charge on any atom is 0.284 e. The molecule has 8 heteroatoms. The first-order chi connectivity index (χ1) is 9.47. The maximum atomic E-state index is 10.9. The van der Waals surface area contributed by atoms with Gasteiger partial charge in [-0.1, -0.05) is 0 Å². The minimum atomic E-state index is -0.462. The summed E-state index contributed by atoms with van der Waals surface area (Å²) < 4.78 is 1.87. The van der Waals surface area contributed by atoms with E-state index < -0.39 is 9.85 Å². The van der Waals surface area contributed by atoms with Gasteiger partial charge in [0.1, 0.15) is 0 Å². The average Bonchev–Trinajstić information content (AvgIpc) is 2.74. The van der Waals surface area contributed by atoms with E-state index in [1.165, 1.54) is 29.5 Å². The molecule has 0 unspecified atom stereocenters. The first-order valence-electron chi connectivity index (χ1n) is 5.42. The Labute approximate surface area is 124 Å². The molecule has 6 nitrogen and oxygen atoms in total. The van der Waals surface area contributed by atoms with E-state index in [1.54, 1.807) is 12.1 Å². The third-order valence-electron chi connectivity index (χ3n) is 2.93. The highest BCUT2D eigenvalue weighted by molar-refractivity contribution is 9.10. The molecule has 1 aromatic heterocycles. The second-order valence-electron chi connectivity index (χ2n) is 4.10. The molecule has 20 heavy (non-hydrogen) atoms. The average molecular weight is 353 g/mol. The van der Waals surface area contributed by atoms with E-state index in [4.69, 9.17) is 0 Å². The van der Waals surface area contributed by atoms with Gasteiger partial charge in [-0.25, -0.2) is 0 Å². The van der Waals surface area contributed by atoms with Crippen molar-refractivity contribution in [3.63, 3.8) is 0 Å². The fourth-order valence-corrected chi connectivity index (χ4v) is 3.67. The van der Waals surface area contributed by atoms with Gasteiger partial charge in [-0.05, 0) is 28.1 Å². The van der Waals surface area contributed by atoms with Gasteiger partial charge >= 0.3 is 0 Å². The van der Waals surface area contributed by atoms with Crippen LogP contribution in [0.3, 0.4) is 0 Å². The number of rotatable bonds is 2. The monoisotopic (exact) mass is 352 g/mol. The van der Waals surface area contributed by atoms with Gasteiger partial charge in [0.15, 0.2) is 0 Å². The summed E-state index contributed by atoms with van der Waals surface area (Å²) in [6.07, 6.45) is 0. The number of halogens is 1. The number of non-ortho nitro benzene ring substituents is 1. The number of benzene rings is 2. The Morgan fingerprint density at radius 2 is 1.65 bits per heavy atom. The SMILES string of the molecule is O=[N+]([O-])c1ccc2c(c1)sc1cc([N+](=O)[O-])c(Br)cc12. The summed E-state index contributed by atoms with van der Waals surface area (Å²) >= 11 is 4.48. The molecule has 0 saturated carbocycles. The zero-order valence-electron chi connectivity index (χ0n) is 9.70. The third kappa shape index (κ3) is 1.93. The molecule has 0 amide bonds. The molecule has 0 aliphatic rings. The zero-order valence-corrected chi connectivity index (χ0v) is 12.1. The lowest BCUT2D eigenvalue weighted by atomic mass is 10.1. The van der Waals surface area contributed by atoms with Gasteiger partial charge in [-0.2, -0.15) is 0 Å². The summed E-state index contributed by atoms with van der Waals surface area (Å²) in [5.41, 5.74) is -0.00354. The van der Waals surface area contributed by atoms with Crippen LogP contribution in [0.25, 0.3) is 20.2 Å².